The molecule has 0 spiro atoms. The molecule has 1 aliphatic rings. The van der Waals surface area contributed by atoms with E-state index in [9.17, 15) is 0 Å². The molecule has 0 radical (unpaired) electrons. The Morgan fingerprint density at radius 1 is 0.274 bits per heavy atom. The van der Waals surface area contributed by atoms with Crippen LogP contribution in [0.3, 0.4) is 0 Å². The normalized spacial score (nSPS) is 13.1. The van der Waals surface area contributed by atoms with Crippen LogP contribution >= 0.6 is 0 Å². The SMILES string of the molecule is CC(c1ccc2c(c1)C(C)(C)c1cc(N(c3ccc(-c4ccccc4)cc3)c3ccc(-c4ccccc4)cc3)ccc1-2)C(c1ccc(-c2ccccc2)cc1)c1ccc(-c2ccc(-c3ccccc3)cc2)cc1. The molecule has 0 fully saturated rings. The van der Waals surface area contributed by atoms with Gasteiger partial charge in [-0.3, -0.25) is 0 Å². The van der Waals surface area contributed by atoms with Crippen LogP contribution in [0.15, 0.2) is 279 Å². The molecule has 0 N–H and O–H groups in total. The molecular formula is C72H57N. The Balaban J connectivity index is 0.885. The van der Waals surface area contributed by atoms with Crippen LogP contribution in [0, 0.1) is 0 Å². The van der Waals surface area contributed by atoms with Crippen molar-refractivity contribution in [3.8, 4) is 66.8 Å². The van der Waals surface area contributed by atoms with E-state index in [1.165, 1.54) is 94.6 Å². The van der Waals surface area contributed by atoms with Crippen LogP contribution in [0.2, 0.25) is 0 Å². The molecule has 0 aromatic heterocycles. The second-order valence-electron chi connectivity index (χ2n) is 20.1. The summed E-state index contributed by atoms with van der Waals surface area (Å²) in [7, 11) is 0. The molecule has 0 aliphatic heterocycles. The van der Waals surface area contributed by atoms with E-state index in [2.05, 4.69) is 305 Å². The average molecular weight is 936 g/mol. The van der Waals surface area contributed by atoms with Crippen molar-refractivity contribution in [1.82, 2.24) is 0 Å². The number of rotatable bonds is 12. The molecule has 0 heterocycles. The molecule has 11 aromatic carbocycles. The predicted molar refractivity (Wildman–Crippen MR) is 309 cm³/mol. The van der Waals surface area contributed by atoms with E-state index < -0.39 is 0 Å². The number of hydrogen-bond donors (Lipinski definition) is 0. The number of anilines is 3. The highest BCUT2D eigenvalue weighted by Gasteiger charge is 2.37. The van der Waals surface area contributed by atoms with Crippen molar-refractivity contribution in [1.29, 1.82) is 0 Å². The Bertz CT molecular complexity index is 3550. The van der Waals surface area contributed by atoms with Crippen LogP contribution in [0.1, 0.15) is 60.4 Å². The van der Waals surface area contributed by atoms with E-state index in [4.69, 9.17) is 0 Å². The third kappa shape index (κ3) is 8.89. The van der Waals surface area contributed by atoms with Crippen LogP contribution in [0.25, 0.3) is 66.8 Å². The highest BCUT2D eigenvalue weighted by Crippen LogP contribution is 2.52. The number of benzene rings is 11. The maximum Gasteiger partial charge on any atom is 0.0465 e. The summed E-state index contributed by atoms with van der Waals surface area (Å²) in [5.41, 5.74) is 24.7. The molecule has 1 heteroatoms. The summed E-state index contributed by atoms with van der Waals surface area (Å²) >= 11 is 0. The summed E-state index contributed by atoms with van der Waals surface area (Å²) in [6, 6.07) is 103. The van der Waals surface area contributed by atoms with Gasteiger partial charge in [-0.1, -0.05) is 263 Å². The summed E-state index contributed by atoms with van der Waals surface area (Å²) in [5.74, 6) is 0.318. The van der Waals surface area contributed by atoms with Gasteiger partial charge in [-0.15, -0.1) is 0 Å². The Morgan fingerprint density at radius 3 is 0.918 bits per heavy atom. The van der Waals surface area contributed by atoms with Crippen LogP contribution in [0.5, 0.6) is 0 Å². The topological polar surface area (TPSA) is 3.24 Å². The lowest BCUT2D eigenvalue weighted by Crippen LogP contribution is -2.17. The van der Waals surface area contributed by atoms with Gasteiger partial charge in [0.05, 0.1) is 0 Å². The van der Waals surface area contributed by atoms with Crippen molar-refractivity contribution >= 4 is 17.1 Å². The molecule has 2 unspecified atom stereocenters. The van der Waals surface area contributed by atoms with Crippen molar-refractivity contribution in [2.24, 2.45) is 0 Å². The summed E-state index contributed by atoms with van der Waals surface area (Å²) in [5, 5.41) is 0. The van der Waals surface area contributed by atoms with E-state index in [1.54, 1.807) is 0 Å². The first kappa shape index (κ1) is 45.4. The Kier molecular flexibility index (Phi) is 12.1. The molecule has 1 aliphatic carbocycles. The van der Waals surface area contributed by atoms with Crippen LogP contribution in [-0.2, 0) is 5.41 Å². The molecule has 0 saturated heterocycles. The Hall–Kier alpha value is -8.78. The first-order valence-electron chi connectivity index (χ1n) is 25.7. The van der Waals surface area contributed by atoms with E-state index in [0.29, 0.717) is 0 Å². The molecule has 11 aromatic rings. The fraction of sp³-hybridized carbons (Fsp3) is 0.0833. The molecule has 1 nitrogen and oxygen atoms in total. The van der Waals surface area contributed by atoms with Gasteiger partial charge in [-0.25, -0.2) is 0 Å². The van der Waals surface area contributed by atoms with Gasteiger partial charge in [0.1, 0.15) is 0 Å². The van der Waals surface area contributed by atoms with Crippen molar-refractivity contribution in [3.05, 3.63) is 307 Å². The van der Waals surface area contributed by atoms with Gasteiger partial charge in [0, 0.05) is 28.4 Å². The van der Waals surface area contributed by atoms with Crippen molar-refractivity contribution in [2.45, 2.75) is 38.0 Å². The number of fused-ring (bicyclic) bond motifs is 3. The number of hydrogen-bond acceptors (Lipinski definition) is 1. The third-order valence-electron chi connectivity index (χ3n) is 15.4. The molecule has 0 saturated carbocycles. The predicted octanol–water partition coefficient (Wildman–Crippen LogP) is 19.7. The van der Waals surface area contributed by atoms with E-state index >= 15 is 0 Å². The molecule has 12 rings (SSSR count). The van der Waals surface area contributed by atoms with E-state index in [1.807, 2.05) is 0 Å². The second kappa shape index (κ2) is 19.4. The van der Waals surface area contributed by atoms with E-state index in [0.717, 1.165) is 17.1 Å². The lowest BCUT2D eigenvalue weighted by atomic mass is 9.75. The molecule has 73 heavy (non-hydrogen) atoms. The van der Waals surface area contributed by atoms with Crippen molar-refractivity contribution in [2.75, 3.05) is 4.90 Å². The maximum absolute atomic E-state index is 2.52. The molecule has 350 valence electrons. The summed E-state index contributed by atoms with van der Waals surface area (Å²) < 4.78 is 0. The number of nitrogens with zero attached hydrogens (tertiary/aromatic N) is 1. The van der Waals surface area contributed by atoms with Crippen LogP contribution in [-0.4, -0.2) is 0 Å². The zero-order valence-electron chi connectivity index (χ0n) is 41.7. The highest BCUT2D eigenvalue weighted by molar-refractivity contribution is 5.87. The van der Waals surface area contributed by atoms with Crippen molar-refractivity contribution in [3.63, 3.8) is 0 Å². The lowest BCUT2D eigenvalue weighted by Gasteiger charge is -2.29. The first-order chi connectivity index (χ1) is 35.9. The van der Waals surface area contributed by atoms with Gasteiger partial charge in [-0.05, 0) is 137 Å². The lowest BCUT2D eigenvalue weighted by molar-refractivity contribution is 0.640. The molecule has 0 amide bonds. The monoisotopic (exact) mass is 935 g/mol. The standard InChI is InChI=1S/C72H57N/c1-50(71(61-32-28-56(29-33-61)52-18-10-5-11-19-52)62-34-30-58(31-35-62)57-26-24-55(25-27-57)51-16-8-4-9-17-51)63-40-46-67-68-47-45-66(49-70(68)72(2,3)69(67)48-63)73(64-41-36-59(37-42-64)53-20-12-6-13-21-53)65-43-38-60(39-44-65)54-22-14-7-15-23-54/h4-50,71H,1-3H3. The summed E-state index contributed by atoms with van der Waals surface area (Å²) in [6.45, 7) is 7.24. The minimum atomic E-state index is -0.235. The van der Waals surface area contributed by atoms with Gasteiger partial charge < -0.3 is 4.90 Å². The third-order valence-corrected chi connectivity index (χ3v) is 15.4. The van der Waals surface area contributed by atoms with Gasteiger partial charge in [-0.2, -0.15) is 0 Å². The summed E-state index contributed by atoms with van der Waals surface area (Å²) in [4.78, 5) is 2.41. The summed E-state index contributed by atoms with van der Waals surface area (Å²) in [6.07, 6.45) is 0. The molecule has 2 atom stereocenters. The van der Waals surface area contributed by atoms with Crippen molar-refractivity contribution < 1.29 is 0 Å². The van der Waals surface area contributed by atoms with Gasteiger partial charge in [0.25, 0.3) is 0 Å². The first-order valence-corrected chi connectivity index (χ1v) is 25.7. The highest BCUT2D eigenvalue weighted by atomic mass is 15.1. The molecular weight excluding hydrogens is 879 g/mol. The van der Waals surface area contributed by atoms with Gasteiger partial charge in [0.2, 0.25) is 0 Å². The fourth-order valence-corrected chi connectivity index (χ4v) is 11.3. The Labute approximate surface area is 431 Å². The minimum Gasteiger partial charge on any atom is -0.310 e. The quantitative estimate of drug-likeness (QED) is 0.118. The fourth-order valence-electron chi connectivity index (χ4n) is 11.3. The van der Waals surface area contributed by atoms with Crippen LogP contribution < -0.4 is 4.90 Å². The largest absolute Gasteiger partial charge is 0.310 e. The maximum atomic E-state index is 2.52. The second-order valence-corrected chi connectivity index (χ2v) is 20.1. The average Bonchev–Trinajstić information content (AvgIpc) is 3.69. The van der Waals surface area contributed by atoms with E-state index in [-0.39, 0.29) is 17.3 Å². The Morgan fingerprint density at radius 2 is 0.548 bits per heavy atom. The smallest absolute Gasteiger partial charge is 0.0465 e. The van der Waals surface area contributed by atoms with Gasteiger partial charge in [0.15, 0.2) is 0 Å². The van der Waals surface area contributed by atoms with Gasteiger partial charge >= 0.3 is 0 Å². The molecule has 0 bridgehead atoms. The van der Waals surface area contributed by atoms with Crippen LogP contribution in [0.4, 0.5) is 17.1 Å². The zero-order valence-corrected chi connectivity index (χ0v) is 41.7. The minimum absolute atomic E-state index is 0.131. The zero-order chi connectivity index (χ0) is 49.3.